The number of nitrogens with zero attached hydrogens (tertiary/aromatic N) is 2. The van der Waals surface area contributed by atoms with Gasteiger partial charge in [0.25, 0.3) is 5.91 Å². The average molecular weight is 484 g/mol. The molecule has 2 aliphatic rings. The largest absolute Gasteiger partial charge is 0.494 e. The van der Waals surface area contributed by atoms with Gasteiger partial charge in [-0.1, -0.05) is 29.8 Å². The van der Waals surface area contributed by atoms with Crippen molar-refractivity contribution in [3.63, 3.8) is 0 Å². The molecule has 2 amide bonds. The summed E-state index contributed by atoms with van der Waals surface area (Å²) in [4.78, 5) is 31.6. The molecule has 2 atom stereocenters. The van der Waals surface area contributed by atoms with Crippen molar-refractivity contribution in [2.24, 2.45) is 5.73 Å². The van der Waals surface area contributed by atoms with Crippen LogP contribution < -0.4 is 5.73 Å². The Morgan fingerprint density at radius 3 is 2.56 bits per heavy atom. The van der Waals surface area contributed by atoms with Crippen molar-refractivity contribution in [2.75, 3.05) is 21.3 Å². The van der Waals surface area contributed by atoms with Crippen molar-refractivity contribution in [3.8, 4) is 0 Å². The molecule has 178 valence electrons. The van der Waals surface area contributed by atoms with E-state index in [1.165, 1.54) is 20.4 Å². The maximum absolute atomic E-state index is 13.3. The number of fused-ring (bicyclic) bond motifs is 1. The third-order valence-electron chi connectivity index (χ3n) is 6.32. The van der Waals surface area contributed by atoms with Gasteiger partial charge in [-0.15, -0.1) is 0 Å². The summed E-state index contributed by atoms with van der Waals surface area (Å²) in [6.07, 6.45) is 3.51. The molecule has 2 heterocycles. The molecule has 2 unspecified atom stereocenters. The maximum atomic E-state index is 13.3. The molecular weight excluding hydrogens is 458 g/mol. The fraction of sp³-hybridized carbons (Fsp3) is 0.320. The molecule has 2 aromatic rings. The molecule has 8 nitrogen and oxygen atoms in total. The summed E-state index contributed by atoms with van der Waals surface area (Å²) in [6, 6.07) is 10.3. The number of rotatable bonds is 8. The third kappa shape index (κ3) is 4.03. The van der Waals surface area contributed by atoms with Crippen molar-refractivity contribution < 1.29 is 23.8 Å². The highest BCUT2D eigenvalue weighted by Crippen LogP contribution is 2.46. The third-order valence-corrected chi connectivity index (χ3v) is 6.55. The molecule has 4 rings (SSSR count). The summed E-state index contributed by atoms with van der Waals surface area (Å²) < 4.78 is 17.4. The lowest BCUT2D eigenvalue weighted by atomic mass is 9.80. The topological polar surface area (TPSA) is 104 Å². The van der Waals surface area contributed by atoms with Crippen molar-refractivity contribution in [2.45, 2.75) is 31.0 Å². The fourth-order valence-corrected chi connectivity index (χ4v) is 4.85. The van der Waals surface area contributed by atoms with E-state index in [1.807, 2.05) is 18.2 Å². The molecule has 1 aliphatic heterocycles. The van der Waals surface area contributed by atoms with E-state index in [-0.39, 0.29) is 18.7 Å². The van der Waals surface area contributed by atoms with E-state index in [0.29, 0.717) is 34.3 Å². The number of aromatic nitrogens is 1. The van der Waals surface area contributed by atoms with Gasteiger partial charge in [-0.2, -0.15) is 0 Å². The summed E-state index contributed by atoms with van der Waals surface area (Å²) in [6.45, 7) is 0.368. The second-order valence-corrected chi connectivity index (χ2v) is 8.60. The zero-order valence-corrected chi connectivity index (χ0v) is 20.0. The van der Waals surface area contributed by atoms with Crippen LogP contribution in [0.4, 0.5) is 0 Å². The zero-order valence-electron chi connectivity index (χ0n) is 19.2. The lowest BCUT2D eigenvalue weighted by molar-refractivity contribution is -0.118. The van der Waals surface area contributed by atoms with E-state index in [2.05, 4.69) is 4.98 Å². The molecule has 34 heavy (non-hydrogen) atoms. The summed E-state index contributed by atoms with van der Waals surface area (Å²) in [5, 5.41) is 0.475. The van der Waals surface area contributed by atoms with Gasteiger partial charge in [0.1, 0.15) is 0 Å². The first-order chi connectivity index (χ1) is 16.3. The number of methoxy groups -OCH3 is 3. The SMILES string of the molecule is COC1=C(OC)C(OC)(c2ccc(Cl)cn2)CC(C(CC(N)=O)N2Cc3ccccc3C2=O)=C1. The molecule has 0 saturated carbocycles. The number of nitrogens with two attached hydrogens (primary N) is 1. The molecule has 0 fully saturated rings. The van der Waals surface area contributed by atoms with Crippen LogP contribution in [0.25, 0.3) is 0 Å². The molecule has 0 spiro atoms. The fourth-order valence-electron chi connectivity index (χ4n) is 4.73. The highest BCUT2D eigenvalue weighted by Gasteiger charge is 2.48. The molecule has 2 N–H and O–H groups in total. The quantitative estimate of drug-likeness (QED) is 0.617. The van der Waals surface area contributed by atoms with Gasteiger partial charge in [0.15, 0.2) is 17.1 Å². The maximum Gasteiger partial charge on any atom is 0.255 e. The highest BCUT2D eigenvalue weighted by atomic mass is 35.5. The molecule has 1 aromatic heterocycles. The lowest BCUT2D eigenvalue weighted by Gasteiger charge is -2.40. The Morgan fingerprint density at radius 1 is 1.21 bits per heavy atom. The molecule has 0 radical (unpaired) electrons. The Labute approximate surface area is 202 Å². The number of pyridine rings is 1. The Kier molecular flexibility index (Phi) is 6.63. The number of primary amides is 1. The number of amides is 2. The number of carbonyl (C=O) groups is 2. The summed E-state index contributed by atoms with van der Waals surface area (Å²) in [5.74, 6) is 0.143. The number of carbonyl (C=O) groups excluding carboxylic acids is 2. The van der Waals surface area contributed by atoms with Gasteiger partial charge < -0.3 is 24.8 Å². The first-order valence-corrected chi connectivity index (χ1v) is 11.1. The van der Waals surface area contributed by atoms with Crippen LogP contribution in [0.1, 0.15) is 34.5 Å². The smallest absolute Gasteiger partial charge is 0.255 e. The molecule has 0 bridgehead atoms. The zero-order chi connectivity index (χ0) is 24.5. The van der Waals surface area contributed by atoms with Gasteiger partial charge in [0, 0.05) is 31.8 Å². The first kappa shape index (κ1) is 23.8. The van der Waals surface area contributed by atoms with Crippen LogP contribution in [0.15, 0.2) is 65.8 Å². The minimum atomic E-state index is -1.17. The second-order valence-electron chi connectivity index (χ2n) is 8.17. The van der Waals surface area contributed by atoms with E-state index in [9.17, 15) is 9.59 Å². The van der Waals surface area contributed by atoms with Gasteiger partial charge in [-0.05, 0) is 35.4 Å². The van der Waals surface area contributed by atoms with Crippen LogP contribution >= 0.6 is 11.6 Å². The number of ether oxygens (including phenoxy) is 3. The Hall–Kier alpha value is -3.36. The second kappa shape index (κ2) is 9.48. The van der Waals surface area contributed by atoms with E-state index in [1.54, 1.807) is 36.3 Å². The normalized spacial score (nSPS) is 20.6. The van der Waals surface area contributed by atoms with E-state index < -0.39 is 17.6 Å². The molecule has 1 aliphatic carbocycles. The van der Waals surface area contributed by atoms with Gasteiger partial charge in [0.05, 0.1) is 37.4 Å². The van der Waals surface area contributed by atoms with Gasteiger partial charge in [-0.25, -0.2) is 0 Å². The monoisotopic (exact) mass is 483 g/mol. The predicted octanol–water partition coefficient (Wildman–Crippen LogP) is 3.31. The van der Waals surface area contributed by atoms with Crippen LogP contribution in [0.2, 0.25) is 5.02 Å². The van der Waals surface area contributed by atoms with Crippen molar-refractivity contribution >= 4 is 23.4 Å². The van der Waals surface area contributed by atoms with Crippen LogP contribution in [-0.4, -0.2) is 49.1 Å². The van der Waals surface area contributed by atoms with E-state index in [4.69, 9.17) is 31.5 Å². The highest BCUT2D eigenvalue weighted by molar-refractivity contribution is 6.30. The molecule has 9 heteroatoms. The van der Waals surface area contributed by atoms with E-state index in [0.717, 1.165) is 11.1 Å². The van der Waals surface area contributed by atoms with Crippen LogP contribution in [-0.2, 0) is 31.2 Å². The summed E-state index contributed by atoms with van der Waals surface area (Å²) in [7, 11) is 4.59. The Morgan fingerprint density at radius 2 is 1.97 bits per heavy atom. The number of halogens is 1. The Balaban J connectivity index is 1.83. The predicted molar refractivity (Wildman–Crippen MR) is 126 cm³/mol. The van der Waals surface area contributed by atoms with Crippen molar-refractivity contribution in [1.29, 1.82) is 0 Å². The van der Waals surface area contributed by atoms with Crippen LogP contribution in [0, 0.1) is 0 Å². The number of hydrogen-bond donors (Lipinski definition) is 1. The van der Waals surface area contributed by atoms with Gasteiger partial charge >= 0.3 is 0 Å². The van der Waals surface area contributed by atoms with Gasteiger partial charge in [-0.3, -0.25) is 14.6 Å². The number of benzene rings is 1. The minimum Gasteiger partial charge on any atom is -0.494 e. The van der Waals surface area contributed by atoms with Crippen molar-refractivity contribution in [1.82, 2.24) is 9.88 Å². The Bertz CT molecular complexity index is 1180. The molecule has 0 saturated heterocycles. The summed E-state index contributed by atoms with van der Waals surface area (Å²) >= 11 is 6.07. The molecular formula is C25H26ClN3O5. The summed E-state index contributed by atoms with van der Waals surface area (Å²) in [5.41, 5.74) is 7.26. The lowest BCUT2D eigenvalue weighted by Crippen LogP contribution is -2.44. The number of hydrogen-bond acceptors (Lipinski definition) is 6. The average Bonchev–Trinajstić information content (AvgIpc) is 3.18. The van der Waals surface area contributed by atoms with Crippen LogP contribution in [0.3, 0.4) is 0 Å². The first-order valence-electron chi connectivity index (χ1n) is 10.7. The minimum absolute atomic E-state index is 0.0568. The standard InChI is InChI=1S/C25H26ClN3O5/c1-32-20-10-16(12-25(34-3,23(20)33-2)21-9-8-17(26)13-28-21)19(11-22(27)30)29-14-15-6-4-5-7-18(15)24(29)31/h4-10,13,19H,11-12,14H2,1-3H3,(H2,27,30). The van der Waals surface area contributed by atoms with E-state index >= 15 is 0 Å². The van der Waals surface area contributed by atoms with Gasteiger partial charge in [0.2, 0.25) is 5.91 Å². The number of allylic oxidation sites excluding steroid dienone is 1. The van der Waals surface area contributed by atoms with Crippen LogP contribution in [0.5, 0.6) is 0 Å². The van der Waals surface area contributed by atoms with Crippen molar-refractivity contribution in [3.05, 3.63) is 87.6 Å². The molecule has 1 aromatic carbocycles.